The second-order valence-corrected chi connectivity index (χ2v) is 7.77. The van der Waals surface area contributed by atoms with Crippen LogP contribution in [0, 0.1) is 0 Å². The molecule has 1 fully saturated rings. The van der Waals surface area contributed by atoms with E-state index in [1.54, 1.807) is 23.1 Å². The summed E-state index contributed by atoms with van der Waals surface area (Å²) in [5.74, 6) is -0.743. The summed E-state index contributed by atoms with van der Waals surface area (Å²) >= 11 is 0. The van der Waals surface area contributed by atoms with Gasteiger partial charge in [-0.15, -0.1) is 0 Å². The van der Waals surface area contributed by atoms with Crippen molar-refractivity contribution in [2.24, 2.45) is 0 Å². The van der Waals surface area contributed by atoms with Crippen LogP contribution in [-0.4, -0.2) is 56.8 Å². The molecular weight excluding hydrogens is 425 g/mol. The number of amides is 2. The van der Waals surface area contributed by atoms with Gasteiger partial charge in [0.2, 0.25) is 5.91 Å². The molecule has 2 amide bonds. The molecule has 1 aromatic carbocycles. The normalized spacial score (nSPS) is 15.4. The average molecular weight is 446 g/mol. The number of para-hydroxylation sites is 1. The average Bonchev–Trinajstić information content (AvgIpc) is 3.04. The zero-order chi connectivity index (χ0) is 23.0. The zero-order valence-corrected chi connectivity index (χ0v) is 17.1. The number of carbonyl (C=O) groups is 2. The lowest BCUT2D eigenvalue weighted by atomic mass is 9.93. The molecule has 11 heteroatoms. The van der Waals surface area contributed by atoms with E-state index in [1.165, 1.54) is 16.9 Å². The van der Waals surface area contributed by atoms with E-state index in [0.29, 0.717) is 29.9 Å². The number of halogens is 3. The van der Waals surface area contributed by atoms with Crippen molar-refractivity contribution >= 4 is 28.5 Å². The molecule has 1 saturated heterocycles. The third-order valence-corrected chi connectivity index (χ3v) is 5.43. The largest absolute Gasteiger partial charge is 0.408 e. The van der Waals surface area contributed by atoms with Gasteiger partial charge in [-0.1, -0.05) is 18.2 Å². The Balaban J connectivity index is 1.49. The Labute approximate surface area is 181 Å². The molecule has 0 radical (unpaired) electrons. The number of nitrogens with two attached hydrogens (primary N) is 1. The Morgan fingerprint density at radius 2 is 1.97 bits per heavy atom. The summed E-state index contributed by atoms with van der Waals surface area (Å²) in [5, 5.41) is 7.26. The fraction of sp³-hybridized carbons (Fsp3) is 0.333. The summed E-state index contributed by atoms with van der Waals surface area (Å²) in [6.45, 7) is 1.41. The monoisotopic (exact) mass is 446 g/mol. The quantitative estimate of drug-likeness (QED) is 0.626. The van der Waals surface area contributed by atoms with Crippen molar-refractivity contribution < 1.29 is 22.8 Å². The minimum Gasteiger partial charge on any atom is -0.384 e. The van der Waals surface area contributed by atoms with E-state index >= 15 is 0 Å². The number of carbonyl (C=O) groups excluding carboxylic acids is 2. The van der Waals surface area contributed by atoms with E-state index in [4.69, 9.17) is 5.73 Å². The molecule has 3 heterocycles. The summed E-state index contributed by atoms with van der Waals surface area (Å²) in [5.41, 5.74) is 7.44. The van der Waals surface area contributed by atoms with E-state index in [9.17, 15) is 22.8 Å². The number of pyridine rings is 1. The summed E-state index contributed by atoms with van der Waals surface area (Å²) in [6, 6.07) is 8.35. The van der Waals surface area contributed by atoms with Crippen LogP contribution >= 0.6 is 0 Å². The molecule has 32 heavy (non-hydrogen) atoms. The van der Waals surface area contributed by atoms with Crippen molar-refractivity contribution in [1.29, 1.82) is 0 Å². The van der Waals surface area contributed by atoms with Crippen LogP contribution < -0.4 is 11.1 Å². The van der Waals surface area contributed by atoms with Gasteiger partial charge in [-0.05, 0) is 25.1 Å². The molecule has 3 aromatic rings. The molecule has 4 rings (SSSR count). The van der Waals surface area contributed by atoms with Gasteiger partial charge < -0.3 is 16.0 Å². The lowest BCUT2D eigenvalue weighted by Crippen LogP contribution is -2.48. The van der Waals surface area contributed by atoms with Gasteiger partial charge >= 0.3 is 6.18 Å². The van der Waals surface area contributed by atoms with E-state index in [-0.39, 0.29) is 24.2 Å². The molecule has 3 N–H and O–H groups in total. The number of likely N-dealkylation sites (tertiary alicyclic amines) is 1. The van der Waals surface area contributed by atoms with Gasteiger partial charge in [-0.3, -0.25) is 14.3 Å². The number of fused-ring (bicyclic) bond motifs is 1. The first-order valence-electron chi connectivity index (χ1n) is 9.96. The van der Waals surface area contributed by atoms with Gasteiger partial charge in [0, 0.05) is 36.2 Å². The minimum absolute atomic E-state index is 0.0542. The zero-order valence-electron chi connectivity index (χ0n) is 17.1. The number of aromatic nitrogens is 3. The third-order valence-electron chi connectivity index (χ3n) is 5.43. The topological polar surface area (TPSA) is 106 Å². The van der Waals surface area contributed by atoms with Crippen LogP contribution in [0.2, 0.25) is 0 Å². The highest BCUT2D eigenvalue weighted by Gasteiger charge is 2.38. The van der Waals surface area contributed by atoms with Crippen LogP contribution in [0.15, 0.2) is 42.6 Å². The molecule has 0 spiro atoms. The highest BCUT2D eigenvalue weighted by Crippen LogP contribution is 2.32. The van der Waals surface area contributed by atoms with Gasteiger partial charge in [-0.25, -0.2) is 4.98 Å². The summed E-state index contributed by atoms with van der Waals surface area (Å²) in [6.07, 6.45) is -3.05. The molecular formula is C21H21F3N6O2. The van der Waals surface area contributed by atoms with Crippen molar-refractivity contribution in [1.82, 2.24) is 25.0 Å². The number of nitrogens with one attached hydrogen (secondary N) is 1. The third kappa shape index (κ3) is 4.23. The first-order chi connectivity index (χ1) is 15.1. The van der Waals surface area contributed by atoms with Crippen molar-refractivity contribution in [3.63, 3.8) is 0 Å². The van der Waals surface area contributed by atoms with E-state index in [1.807, 2.05) is 17.4 Å². The molecule has 1 atom stereocenters. The number of nitrogens with zero attached hydrogens (tertiary/aromatic N) is 4. The molecule has 0 saturated carbocycles. The van der Waals surface area contributed by atoms with Gasteiger partial charge in [0.25, 0.3) is 5.91 Å². The second-order valence-electron chi connectivity index (χ2n) is 7.77. The Hall–Kier alpha value is -3.63. The first-order valence-corrected chi connectivity index (χ1v) is 9.96. The number of hydrogen-bond acceptors (Lipinski definition) is 5. The van der Waals surface area contributed by atoms with E-state index in [2.05, 4.69) is 10.1 Å². The fourth-order valence-electron chi connectivity index (χ4n) is 3.66. The maximum atomic E-state index is 12.7. The van der Waals surface area contributed by atoms with Gasteiger partial charge in [-0.2, -0.15) is 18.3 Å². The molecule has 1 aliphatic heterocycles. The Morgan fingerprint density at radius 3 is 2.66 bits per heavy atom. The minimum atomic E-state index is -4.52. The number of benzene rings is 1. The predicted molar refractivity (Wildman–Crippen MR) is 111 cm³/mol. The molecule has 0 aliphatic carbocycles. The van der Waals surface area contributed by atoms with E-state index in [0.717, 1.165) is 12.3 Å². The van der Waals surface area contributed by atoms with Crippen molar-refractivity contribution in [3.05, 3.63) is 53.9 Å². The lowest BCUT2D eigenvalue weighted by molar-refractivity contribution is -0.158. The standard InChI is InChI=1S/C21H21F3N6O2/c1-12(21(22,23)24)27-18(31)11-30-16-5-3-2-4-15(16)19(28-30)14-9-29(10-14)20(32)13-6-7-26-17(25)8-13/h2-8,12,14H,9-11H2,1H3,(H2,25,26)(H,27,31)/t12-/m0/s1. The Bertz CT molecular complexity index is 1170. The number of hydrogen-bond donors (Lipinski definition) is 2. The van der Waals surface area contributed by atoms with Crippen LogP contribution in [0.5, 0.6) is 0 Å². The highest BCUT2D eigenvalue weighted by molar-refractivity contribution is 5.95. The Morgan fingerprint density at radius 1 is 1.25 bits per heavy atom. The van der Waals surface area contributed by atoms with Crippen LogP contribution in [-0.2, 0) is 11.3 Å². The molecule has 0 unspecified atom stereocenters. The van der Waals surface area contributed by atoms with Gasteiger partial charge in [0.1, 0.15) is 18.4 Å². The van der Waals surface area contributed by atoms with Crippen LogP contribution in [0.25, 0.3) is 10.9 Å². The predicted octanol–water partition coefficient (Wildman–Crippen LogP) is 2.32. The van der Waals surface area contributed by atoms with Crippen LogP contribution in [0.4, 0.5) is 19.0 Å². The molecule has 2 aromatic heterocycles. The molecule has 1 aliphatic rings. The Kier molecular flexibility index (Phi) is 5.49. The van der Waals surface area contributed by atoms with Crippen molar-refractivity contribution in [3.8, 4) is 0 Å². The second kappa shape index (κ2) is 8.13. The van der Waals surface area contributed by atoms with Crippen molar-refractivity contribution in [2.45, 2.75) is 31.6 Å². The van der Waals surface area contributed by atoms with Gasteiger partial charge in [0.15, 0.2) is 0 Å². The summed E-state index contributed by atoms with van der Waals surface area (Å²) in [4.78, 5) is 30.3. The maximum absolute atomic E-state index is 12.7. The lowest BCUT2D eigenvalue weighted by Gasteiger charge is -2.38. The summed E-state index contributed by atoms with van der Waals surface area (Å²) in [7, 11) is 0. The smallest absolute Gasteiger partial charge is 0.384 e. The highest BCUT2D eigenvalue weighted by atomic mass is 19.4. The molecule has 0 bridgehead atoms. The number of anilines is 1. The number of nitrogen functional groups attached to an aromatic ring is 1. The van der Waals surface area contributed by atoms with Crippen LogP contribution in [0.1, 0.15) is 28.9 Å². The number of alkyl halides is 3. The first kappa shape index (κ1) is 21.6. The van der Waals surface area contributed by atoms with E-state index < -0.39 is 18.1 Å². The molecule has 168 valence electrons. The maximum Gasteiger partial charge on any atom is 0.408 e. The van der Waals surface area contributed by atoms with Gasteiger partial charge in [0.05, 0.1) is 11.2 Å². The van der Waals surface area contributed by atoms with Crippen LogP contribution in [0.3, 0.4) is 0 Å². The number of rotatable bonds is 5. The molecule has 8 nitrogen and oxygen atoms in total. The van der Waals surface area contributed by atoms with Crippen molar-refractivity contribution in [2.75, 3.05) is 18.8 Å². The fourth-order valence-corrected chi connectivity index (χ4v) is 3.66. The SMILES string of the molecule is C[C@H](NC(=O)Cn1nc(C2CN(C(=O)c3ccnc(N)c3)C2)c2ccccc21)C(F)(F)F. The summed E-state index contributed by atoms with van der Waals surface area (Å²) < 4.78 is 39.6.